The smallest absolute Gasteiger partial charge is 0.0220 e. The van der Waals surface area contributed by atoms with Gasteiger partial charge in [0.15, 0.2) is 0 Å². The van der Waals surface area contributed by atoms with Crippen molar-refractivity contribution in [3.8, 4) is 0 Å². The Morgan fingerprint density at radius 1 is 1.29 bits per heavy atom. The number of aromatic nitrogens is 1. The number of nitrogens with one attached hydrogen (secondary N) is 2. The molecule has 14 heavy (non-hydrogen) atoms. The molecule has 2 rings (SSSR count). The van der Waals surface area contributed by atoms with E-state index >= 15 is 0 Å². The van der Waals surface area contributed by atoms with Gasteiger partial charge in [-0.2, -0.15) is 11.3 Å². The lowest BCUT2D eigenvalue weighted by Crippen LogP contribution is -2.15. The molecule has 3 heteroatoms. The number of H-pyrrole nitrogens is 1. The summed E-state index contributed by atoms with van der Waals surface area (Å²) in [5.41, 5.74) is 2.74. The monoisotopic (exact) mass is 206 g/mol. The molecule has 0 bridgehead atoms. The molecule has 0 aliphatic carbocycles. The number of thiophene rings is 1. The summed E-state index contributed by atoms with van der Waals surface area (Å²) in [4.78, 5) is 3.05. The minimum absolute atomic E-state index is 0.952. The highest BCUT2D eigenvalue weighted by Crippen LogP contribution is 2.05. The van der Waals surface area contributed by atoms with Gasteiger partial charge < -0.3 is 10.3 Å². The average molecular weight is 206 g/mol. The van der Waals surface area contributed by atoms with Crippen molar-refractivity contribution in [2.45, 2.75) is 13.0 Å². The van der Waals surface area contributed by atoms with Crippen LogP contribution in [0.15, 0.2) is 35.3 Å². The fraction of sp³-hybridized carbons (Fsp3) is 0.273. The zero-order valence-electron chi connectivity index (χ0n) is 7.99. The molecule has 2 heterocycles. The highest BCUT2D eigenvalue weighted by molar-refractivity contribution is 7.07. The van der Waals surface area contributed by atoms with Crippen LogP contribution in [-0.4, -0.2) is 11.5 Å². The molecule has 2 nitrogen and oxygen atoms in total. The summed E-state index contributed by atoms with van der Waals surface area (Å²) in [6, 6.07) is 4.28. The first-order chi connectivity index (χ1) is 6.95. The van der Waals surface area contributed by atoms with Crippen molar-refractivity contribution in [3.05, 3.63) is 46.4 Å². The quantitative estimate of drug-likeness (QED) is 0.722. The molecule has 0 fully saturated rings. The molecule has 0 aliphatic heterocycles. The zero-order chi connectivity index (χ0) is 9.64. The van der Waals surface area contributed by atoms with Gasteiger partial charge in [-0.15, -0.1) is 0 Å². The van der Waals surface area contributed by atoms with Gasteiger partial charge in [0.05, 0.1) is 0 Å². The van der Waals surface area contributed by atoms with Crippen LogP contribution in [0.25, 0.3) is 0 Å². The maximum absolute atomic E-state index is 3.41. The second-order valence-corrected chi connectivity index (χ2v) is 4.06. The Bertz CT molecular complexity index is 301. The van der Waals surface area contributed by atoms with Gasteiger partial charge in [0.1, 0.15) is 0 Å². The minimum Gasteiger partial charge on any atom is -0.367 e. The van der Waals surface area contributed by atoms with Gasteiger partial charge in [-0.05, 0) is 47.0 Å². The van der Waals surface area contributed by atoms with Crippen LogP contribution >= 0.6 is 11.3 Å². The third kappa shape index (κ3) is 2.72. The van der Waals surface area contributed by atoms with Gasteiger partial charge in [0, 0.05) is 18.9 Å². The van der Waals surface area contributed by atoms with Gasteiger partial charge in [0.25, 0.3) is 0 Å². The molecular weight excluding hydrogens is 192 g/mol. The maximum Gasteiger partial charge on any atom is 0.0220 e. The fourth-order valence-corrected chi connectivity index (χ4v) is 2.07. The van der Waals surface area contributed by atoms with E-state index < -0.39 is 0 Å². The lowest BCUT2D eigenvalue weighted by molar-refractivity contribution is 0.688. The Balaban J connectivity index is 1.65. The third-order valence-electron chi connectivity index (χ3n) is 2.16. The lowest BCUT2D eigenvalue weighted by atomic mass is 10.2. The summed E-state index contributed by atoms with van der Waals surface area (Å²) in [7, 11) is 0. The molecule has 0 aliphatic rings. The molecule has 0 radical (unpaired) electrons. The molecule has 0 aromatic carbocycles. The van der Waals surface area contributed by atoms with Gasteiger partial charge in [0.2, 0.25) is 0 Å². The Labute approximate surface area is 88.0 Å². The van der Waals surface area contributed by atoms with E-state index in [0.717, 1.165) is 19.5 Å². The molecule has 0 amide bonds. The summed E-state index contributed by atoms with van der Waals surface area (Å²) >= 11 is 1.76. The first kappa shape index (κ1) is 9.49. The minimum atomic E-state index is 0.952. The summed E-state index contributed by atoms with van der Waals surface area (Å²) in [5, 5.41) is 7.74. The molecule has 2 aromatic heterocycles. The number of rotatable bonds is 5. The Kier molecular flexibility index (Phi) is 3.38. The van der Waals surface area contributed by atoms with E-state index in [2.05, 4.69) is 33.2 Å². The number of aromatic amines is 1. The maximum atomic E-state index is 3.41. The highest BCUT2D eigenvalue weighted by atomic mass is 32.1. The van der Waals surface area contributed by atoms with Crippen LogP contribution in [0.1, 0.15) is 11.1 Å². The van der Waals surface area contributed by atoms with Crippen molar-refractivity contribution in [2.75, 3.05) is 6.54 Å². The van der Waals surface area contributed by atoms with E-state index in [9.17, 15) is 0 Å². The predicted molar refractivity (Wildman–Crippen MR) is 60.5 cm³/mol. The summed E-state index contributed by atoms with van der Waals surface area (Å²) in [6.07, 6.45) is 5.10. The van der Waals surface area contributed by atoms with Crippen LogP contribution in [0.3, 0.4) is 0 Å². The van der Waals surface area contributed by atoms with Crippen molar-refractivity contribution in [2.24, 2.45) is 0 Å². The van der Waals surface area contributed by atoms with E-state index in [1.165, 1.54) is 11.1 Å². The molecule has 2 aromatic rings. The van der Waals surface area contributed by atoms with E-state index in [-0.39, 0.29) is 0 Å². The first-order valence-electron chi connectivity index (χ1n) is 4.78. The molecule has 0 atom stereocenters. The van der Waals surface area contributed by atoms with Crippen LogP contribution in [-0.2, 0) is 13.0 Å². The van der Waals surface area contributed by atoms with Gasteiger partial charge >= 0.3 is 0 Å². The lowest BCUT2D eigenvalue weighted by Gasteiger charge is -2.01. The second kappa shape index (κ2) is 4.98. The topological polar surface area (TPSA) is 27.8 Å². The first-order valence-corrected chi connectivity index (χ1v) is 5.73. The van der Waals surface area contributed by atoms with Crippen molar-refractivity contribution in [3.63, 3.8) is 0 Å². The van der Waals surface area contributed by atoms with Gasteiger partial charge in [-0.25, -0.2) is 0 Å². The third-order valence-corrected chi connectivity index (χ3v) is 2.89. The van der Waals surface area contributed by atoms with Gasteiger partial charge in [-0.1, -0.05) is 0 Å². The predicted octanol–water partition coefficient (Wildman–Crippen LogP) is 2.41. The normalized spacial score (nSPS) is 10.6. The SMILES string of the molecule is c1cc(CNCCc2ccsc2)c[nH]1. The average Bonchev–Trinajstić information content (AvgIpc) is 2.86. The summed E-state index contributed by atoms with van der Waals surface area (Å²) in [5.74, 6) is 0. The van der Waals surface area contributed by atoms with Gasteiger partial charge in [-0.3, -0.25) is 0 Å². The molecule has 0 saturated heterocycles. The van der Waals surface area contributed by atoms with Crippen molar-refractivity contribution in [1.29, 1.82) is 0 Å². The van der Waals surface area contributed by atoms with Crippen LogP contribution in [0.2, 0.25) is 0 Å². The van der Waals surface area contributed by atoms with Crippen LogP contribution < -0.4 is 5.32 Å². The van der Waals surface area contributed by atoms with Crippen LogP contribution in [0, 0.1) is 0 Å². The van der Waals surface area contributed by atoms with E-state index in [0.29, 0.717) is 0 Å². The number of hydrogen-bond acceptors (Lipinski definition) is 2. The summed E-state index contributed by atoms with van der Waals surface area (Å²) < 4.78 is 0. The number of hydrogen-bond donors (Lipinski definition) is 2. The van der Waals surface area contributed by atoms with E-state index in [4.69, 9.17) is 0 Å². The standard InChI is InChI=1S/C11H14N2S/c1(10-3-6-14-9-10)4-12-7-11-2-5-13-8-11/h2-3,5-6,8-9,12-13H,1,4,7H2. The Morgan fingerprint density at radius 2 is 2.29 bits per heavy atom. The molecular formula is C11H14N2S. The largest absolute Gasteiger partial charge is 0.367 e. The molecule has 0 saturated carbocycles. The van der Waals surface area contributed by atoms with Crippen LogP contribution in [0.4, 0.5) is 0 Å². The summed E-state index contributed by atoms with van der Waals surface area (Å²) in [6.45, 7) is 2.00. The highest BCUT2D eigenvalue weighted by Gasteiger charge is 1.94. The van der Waals surface area contributed by atoms with E-state index in [1.807, 2.05) is 12.4 Å². The molecule has 0 unspecified atom stereocenters. The van der Waals surface area contributed by atoms with Crippen molar-refractivity contribution >= 4 is 11.3 Å². The van der Waals surface area contributed by atoms with Crippen molar-refractivity contribution in [1.82, 2.24) is 10.3 Å². The molecule has 0 spiro atoms. The Morgan fingerprint density at radius 3 is 3.00 bits per heavy atom. The zero-order valence-corrected chi connectivity index (χ0v) is 8.81. The van der Waals surface area contributed by atoms with Crippen molar-refractivity contribution < 1.29 is 0 Å². The Hall–Kier alpha value is -1.06. The van der Waals surface area contributed by atoms with Crippen LogP contribution in [0.5, 0.6) is 0 Å². The molecule has 2 N–H and O–H groups in total. The fourth-order valence-electron chi connectivity index (χ4n) is 1.37. The van der Waals surface area contributed by atoms with E-state index in [1.54, 1.807) is 11.3 Å². The molecule has 74 valence electrons. The second-order valence-electron chi connectivity index (χ2n) is 3.28.